The largest absolute Gasteiger partial charge is 0.392 e. The van der Waals surface area contributed by atoms with Gasteiger partial charge in [0.25, 0.3) is 0 Å². The Labute approximate surface area is 80.6 Å². The fourth-order valence-corrected chi connectivity index (χ4v) is 1.92. The monoisotopic (exact) mass is 322 g/mol. The third-order valence-electron chi connectivity index (χ3n) is 0.954. The van der Waals surface area contributed by atoms with E-state index in [0.29, 0.717) is 0 Å². The van der Waals surface area contributed by atoms with Crippen molar-refractivity contribution in [2.45, 2.75) is 22.7 Å². The van der Waals surface area contributed by atoms with Crippen LogP contribution in [0.25, 0.3) is 0 Å². The Bertz CT molecular complexity index is 76.6. The van der Waals surface area contributed by atoms with Gasteiger partial charge in [-0.05, 0) is 6.92 Å². The van der Waals surface area contributed by atoms with Crippen LogP contribution in [0, 0.1) is 0 Å². The molecule has 0 spiro atoms. The molecule has 0 aliphatic rings. The number of aliphatic hydroxyl groups excluding tert-OH is 1. The fraction of sp³-hybridized carbons (Fsp3) is 1.00. The first-order valence-corrected chi connectivity index (χ1v) is 5.57. The zero-order valence-corrected chi connectivity index (χ0v) is 9.78. The van der Waals surface area contributed by atoms with Crippen molar-refractivity contribution in [3.8, 4) is 0 Å². The summed E-state index contributed by atoms with van der Waals surface area (Å²) in [6, 6.07) is 0. The number of alkyl halides is 3. The van der Waals surface area contributed by atoms with Crippen LogP contribution in [0.5, 0.6) is 0 Å². The Kier molecular flexibility index (Phi) is 5.90. The van der Waals surface area contributed by atoms with E-state index in [4.69, 9.17) is 5.11 Å². The van der Waals surface area contributed by atoms with Crippen molar-refractivity contribution in [1.29, 1.82) is 0 Å². The first-order valence-electron chi connectivity index (χ1n) is 2.61. The summed E-state index contributed by atoms with van der Waals surface area (Å²) in [4.78, 5) is 0.411. The Morgan fingerprint density at radius 2 is 1.89 bits per heavy atom. The quantitative estimate of drug-likeness (QED) is 0.790. The number of halogens is 3. The molecule has 0 aromatic carbocycles. The van der Waals surface area contributed by atoms with Crippen LogP contribution < -0.4 is 0 Å². The van der Waals surface area contributed by atoms with Gasteiger partial charge in [-0.25, -0.2) is 0 Å². The second-order valence-electron chi connectivity index (χ2n) is 1.86. The molecule has 3 unspecified atom stereocenters. The molecule has 0 amide bonds. The molecule has 1 N–H and O–H groups in total. The third-order valence-corrected chi connectivity index (χ3v) is 5.53. The molecule has 0 heterocycles. The fourth-order valence-electron chi connectivity index (χ4n) is 0.387. The smallest absolute Gasteiger partial charge is 0.0648 e. The van der Waals surface area contributed by atoms with Crippen LogP contribution in [0.3, 0.4) is 0 Å². The van der Waals surface area contributed by atoms with Crippen LogP contribution in [-0.2, 0) is 0 Å². The number of hydrogen-bond acceptors (Lipinski definition) is 1. The number of hydrogen-bond donors (Lipinski definition) is 1. The minimum atomic E-state index is -0.313. The van der Waals surface area contributed by atoms with Gasteiger partial charge in [0, 0.05) is 10.2 Å². The highest BCUT2D eigenvalue weighted by Crippen LogP contribution is 2.19. The van der Waals surface area contributed by atoms with Crippen molar-refractivity contribution in [1.82, 2.24) is 0 Å². The summed E-state index contributed by atoms with van der Waals surface area (Å²) in [5, 5.41) is 9.87. The molecular formula is C5H9Br3O. The zero-order valence-electron chi connectivity index (χ0n) is 5.02. The second kappa shape index (κ2) is 5.10. The predicted molar refractivity (Wildman–Crippen MR) is 50.9 cm³/mol. The first kappa shape index (κ1) is 10.4. The molecule has 0 aliphatic carbocycles. The van der Waals surface area contributed by atoms with Gasteiger partial charge in [-0.1, -0.05) is 47.8 Å². The molecule has 0 radical (unpaired) electrons. The maximum Gasteiger partial charge on any atom is 0.0648 e. The summed E-state index contributed by atoms with van der Waals surface area (Å²) in [6.45, 7) is 1.76. The van der Waals surface area contributed by atoms with Gasteiger partial charge in [0.05, 0.1) is 10.9 Å². The SMILES string of the molecule is CC(O)C(Br)C(Br)CBr. The minimum Gasteiger partial charge on any atom is -0.392 e. The van der Waals surface area contributed by atoms with E-state index in [2.05, 4.69) is 47.8 Å². The first-order chi connectivity index (χ1) is 4.09. The third kappa shape index (κ3) is 3.96. The van der Waals surface area contributed by atoms with Crippen LogP contribution in [0.1, 0.15) is 6.92 Å². The van der Waals surface area contributed by atoms with E-state index in [0.717, 1.165) is 5.33 Å². The van der Waals surface area contributed by atoms with Gasteiger partial charge in [0.2, 0.25) is 0 Å². The van der Waals surface area contributed by atoms with Gasteiger partial charge in [-0.2, -0.15) is 0 Å². The lowest BCUT2D eigenvalue weighted by molar-refractivity contribution is 0.194. The molecule has 0 rings (SSSR count). The summed E-state index contributed by atoms with van der Waals surface area (Å²) in [6.07, 6.45) is -0.313. The molecule has 0 bridgehead atoms. The molecule has 9 heavy (non-hydrogen) atoms. The van der Waals surface area contributed by atoms with E-state index in [-0.39, 0.29) is 15.8 Å². The predicted octanol–water partition coefficient (Wildman–Crippen LogP) is 2.29. The number of aliphatic hydroxyl groups is 1. The van der Waals surface area contributed by atoms with Gasteiger partial charge >= 0.3 is 0 Å². The van der Waals surface area contributed by atoms with E-state index >= 15 is 0 Å². The standard InChI is InChI=1S/C5H9Br3O/c1-3(9)5(8)4(7)2-6/h3-5,9H,2H2,1H3. The maximum atomic E-state index is 9.02. The average Bonchev–Trinajstić information content (AvgIpc) is 1.84. The molecule has 56 valence electrons. The van der Waals surface area contributed by atoms with Gasteiger partial charge in [-0.3, -0.25) is 0 Å². The van der Waals surface area contributed by atoms with Crippen LogP contribution in [-0.4, -0.2) is 26.2 Å². The van der Waals surface area contributed by atoms with Gasteiger partial charge in [0.15, 0.2) is 0 Å². The van der Waals surface area contributed by atoms with Crippen molar-refractivity contribution in [3.63, 3.8) is 0 Å². The van der Waals surface area contributed by atoms with Crippen LogP contribution in [0.4, 0.5) is 0 Å². The van der Waals surface area contributed by atoms with Crippen molar-refractivity contribution in [2.24, 2.45) is 0 Å². The topological polar surface area (TPSA) is 20.2 Å². The molecule has 3 atom stereocenters. The molecule has 0 aromatic rings. The minimum absolute atomic E-state index is 0.122. The summed E-state index contributed by atoms with van der Waals surface area (Å²) in [5.74, 6) is 0. The lowest BCUT2D eigenvalue weighted by Crippen LogP contribution is -2.26. The molecule has 0 saturated heterocycles. The van der Waals surface area contributed by atoms with E-state index in [1.165, 1.54) is 0 Å². The van der Waals surface area contributed by atoms with Gasteiger partial charge in [-0.15, -0.1) is 0 Å². The Morgan fingerprint density at radius 3 is 2.00 bits per heavy atom. The molecule has 1 nitrogen and oxygen atoms in total. The van der Waals surface area contributed by atoms with E-state index in [9.17, 15) is 0 Å². The summed E-state index contributed by atoms with van der Waals surface area (Å²) in [7, 11) is 0. The summed E-state index contributed by atoms with van der Waals surface area (Å²) >= 11 is 10.0. The molecule has 0 saturated carbocycles. The van der Waals surface area contributed by atoms with Gasteiger partial charge in [0.1, 0.15) is 0 Å². The molecule has 4 heteroatoms. The lowest BCUT2D eigenvalue weighted by atomic mass is 10.2. The highest BCUT2D eigenvalue weighted by Gasteiger charge is 2.18. The number of rotatable bonds is 3. The normalized spacial score (nSPS) is 21.0. The van der Waals surface area contributed by atoms with Crippen LogP contribution >= 0.6 is 47.8 Å². The molecule has 0 aliphatic heterocycles. The highest BCUT2D eigenvalue weighted by molar-refractivity contribution is 9.13. The Morgan fingerprint density at radius 1 is 1.44 bits per heavy atom. The second-order valence-corrected chi connectivity index (χ2v) is 4.74. The van der Waals surface area contributed by atoms with Gasteiger partial charge < -0.3 is 5.11 Å². The Hall–Kier alpha value is 1.40. The summed E-state index contributed by atoms with van der Waals surface area (Å²) in [5.41, 5.74) is 0. The van der Waals surface area contributed by atoms with E-state index < -0.39 is 0 Å². The average molecular weight is 325 g/mol. The lowest BCUT2D eigenvalue weighted by Gasteiger charge is -2.16. The van der Waals surface area contributed by atoms with E-state index in [1.807, 2.05) is 0 Å². The van der Waals surface area contributed by atoms with Crippen molar-refractivity contribution in [2.75, 3.05) is 5.33 Å². The zero-order chi connectivity index (χ0) is 7.44. The van der Waals surface area contributed by atoms with Crippen molar-refractivity contribution < 1.29 is 5.11 Å². The maximum absolute atomic E-state index is 9.02. The van der Waals surface area contributed by atoms with Crippen molar-refractivity contribution >= 4 is 47.8 Å². The van der Waals surface area contributed by atoms with Crippen LogP contribution in [0.15, 0.2) is 0 Å². The van der Waals surface area contributed by atoms with Crippen molar-refractivity contribution in [3.05, 3.63) is 0 Å². The van der Waals surface area contributed by atoms with Crippen LogP contribution in [0.2, 0.25) is 0 Å². The Balaban J connectivity index is 3.58. The summed E-state index contributed by atoms with van der Waals surface area (Å²) < 4.78 is 0. The molecule has 0 fully saturated rings. The highest BCUT2D eigenvalue weighted by atomic mass is 79.9. The molecule has 0 aromatic heterocycles. The van der Waals surface area contributed by atoms with E-state index in [1.54, 1.807) is 6.92 Å². The molecular weight excluding hydrogens is 316 g/mol.